The van der Waals surface area contributed by atoms with Gasteiger partial charge in [-0.3, -0.25) is 0 Å². The van der Waals surface area contributed by atoms with Gasteiger partial charge in [-0.2, -0.15) is 0 Å². The third-order valence-corrected chi connectivity index (χ3v) is 2.46. The zero-order valence-electron chi connectivity index (χ0n) is 6.17. The van der Waals surface area contributed by atoms with E-state index in [9.17, 15) is 0 Å². The minimum atomic E-state index is 0.0575. The quantitative estimate of drug-likeness (QED) is 0.768. The monoisotopic (exact) mass is 191 g/mol. The largest absolute Gasteiger partial charge is 0.394 e. The lowest BCUT2D eigenvalue weighted by atomic mass is 10.3. The van der Waals surface area contributed by atoms with Crippen molar-refractivity contribution in [3.63, 3.8) is 0 Å². The van der Waals surface area contributed by atoms with E-state index in [1.807, 2.05) is 18.4 Å². The Balaban J connectivity index is 2.56. The lowest BCUT2D eigenvalue weighted by Gasteiger charge is -2.10. The van der Waals surface area contributed by atoms with Gasteiger partial charge in [0.25, 0.3) is 0 Å². The molecule has 4 heteroatoms. The molecule has 1 aromatic heterocycles. The van der Waals surface area contributed by atoms with Crippen molar-refractivity contribution >= 4 is 28.6 Å². The molecule has 1 aromatic rings. The second-order valence-electron chi connectivity index (χ2n) is 2.34. The molecule has 0 aliphatic rings. The molecule has 2 nitrogen and oxygen atoms in total. The number of hydrogen-bond donors (Lipinski definition) is 2. The summed E-state index contributed by atoms with van der Waals surface area (Å²) < 4.78 is 0.741. The van der Waals surface area contributed by atoms with Crippen molar-refractivity contribution in [1.82, 2.24) is 0 Å². The van der Waals surface area contributed by atoms with Crippen molar-refractivity contribution in [2.24, 2.45) is 0 Å². The Kier molecular flexibility index (Phi) is 3.17. The van der Waals surface area contributed by atoms with Gasteiger partial charge in [-0.05, 0) is 18.4 Å². The van der Waals surface area contributed by atoms with Crippen LogP contribution >= 0.6 is 22.9 Å². The van der Waals surface area contributed by atoms with Gasteiger partial charge in [0, 0.05) is 6.04 Å². The van der Waals surface area contributed by atoms with Crippen LogP contribution in [0.15, 0.2) is 11.4 Å². The SMILES string of the molecule is CC(CO)Nc1ccsc1Cl. The average molecular weight is 192 g/mol. The number of halogens is 1. The van der Waals surface area contributed by atoms with Gasteiger partial charge in [0.1, 0.15) is 4.34 Å². The smallest absolute Gasteiger partial charge is 0.116 e. The van der Waals surface area contributed by atoms with Gasteiger partial charge in [0.2, 0.25) is 0 Å². The normalized spacial score (nSPS) is 13.0. The second kappa shape index (κ2) is 3.95. The summed E-state index contributed by atoms with van der Waals surface area (Å²) in [4.78, 5) is 0. The summed E-state index contributed by atoms with van der Waals surface area (Å²) in [6.07, 6.45) is 0. The first-order valence-corrected chi connectivity index (χ1v) is 4.60. The predicted octanol–water partition coefficient (Wildman–Crippen LogP) is 2.19. The third-order valence-electron chi connectivity index (χ3n) is 1.29. The van der Waals surface area contributed by atoms with Crippen molar-refractivity contribution in [3.8, 4) is 0 Å². The highest BCUT2D eigenvalue weighted by atomic mass is 35.5. The van der Waals surface area contributed by atoms with Gasteiger partial charge in [0.05, 0.1) is 12.3 Å². The summed E-state index contributed by atoms with van der Waals surface area (Å²) in [5.41, 5.74) is 0.901. The van der Waals surface area contributed by atoms with Crippen LogP contribution in [0.1, 0.15) is 6.92 Å². The first kappa shape index (κ1) is 8.84. The molecule has 0 saturated heterocycles. The number of nitrogens with one attached hydrogen (secondary N) is 1. The molecule has 1 atom stereocenters. The van der Waals surface area contributed by atoms with Crippen molar-refractivity contribution in [2.45, 2.75) is 13.0 Å². The molecule has 0 amide bonds. The zero-order chi connectivity index (χ0) is 8.27. The standard InChI is InChI=1S/C7H10ClNOS/c1-5(4-10)9-6-2-3-11-7(6)8/h2-3,5,9-10H,4H2,1H3. The van der Waals surface area contributed by atoms with Crippen molar-refractivity contribution in [3.05, 3.63) is 15.8 Å². The molecule has 11 heavy (non-hydrogen) atoms. The zero-order valence-corrected chi connectivity index (χ0v) is 7.75. The van der Waals surface area contributed by atoms with Crippen molar-refractivity contribution in [1.29, 1.82) is 0 Å². The first-order chi connectivity index (χ1) is 5.24. The molecule has 1 rings (SSSR count). The maximum Gasteiger partial charge on any atom is 0.116 e. The van der Waals surface area contributed by atoms with Crippen LogP contribution in [0.2, 0.25) is 4.34 Å². The first-order valence-electron chi connectivity index (χ1n) is 3.34. The fraction of sp³-hybridized carbons (Fsp3) is 0.429. The van der Waals surface area contributed by atoms with Crippen LogP contribution in [0.3, 0.4) is 0 Å². The maximum absolute atomic E-state index is 8.72. The highest BCUT2D eigenvalue weighted by Crippen LogP contribution is 2.27. The lowest BCUT2D eigenvalue weighted by Crippen LogP contribution is -2.18. The summed E-state index contributed by atoms with van der Waals surface area (Å²) in [6.45, 7) is 2.01. The molecule has 0 aliphatic heterocycles. The van der Waals surface area contributed by atoms with E-state index in [-0.39, 0.29) is 12.6 Å². The molecule has 0 fully saturated rings. The lowest BCUT2D eigenvalue weighted by molar-refractivity contribution is 0.281. The van der Waals surface area contributed by atoms with Crippen LogP contribution < -0.4 is 5.32 Å². The van der Waals surface area contributed by atoms with Crippen molar-refractivity contribution in [2.75, 3.05) is 11.9 Å². The molecule has 62 valence electrons. The highest BCUT2D eigenvalue weighted by Gasteiger charge is 2.03. The average Bonchev–Trinajstić information content (AvgIpc) is 2.37. The van der Waals surface area contributed by atoms with Crippen LogP contribution in [0.5, 0.6) is 0 Å². The van der Waals surface area contributed by atoms with Gasteiger partial charge < -0.3 is 10.4 Å². The number of aliphatic hydroxyl groups excluding tert-OH is 1. The molecule has 0 aliphatic carbocycles. The van der Waals surface area contributed by atoms with E-state index in [1.54, 1.807) is 0 Å². The fourth-order valence-corrected chi connectivity index (χ4v) is 1.56. The molecule has 0 aromatic carbocycles. The minimum absolute atomic E-state index is 0.0575. The number of thiophene rings is 1. The Labute approximate surface area is 74.8 Å². The predicted molar refractivity (Wildman–Crippen MR) is 49.5 cm³/mol. The van der Waals surface area contributed by atoms with Crippen LogP contribution in [0, 0.1) is 0 Å². The van der Waals surface area contributed by atoms with E-state index in [1.165, 1.54) is 11.3 Å². The number of rotatable bonds is 3. The Morgan fingerprint density at radius 2 is 2.55 bits per heavy atom. The Morgan fingerprint density at radius 1 is 1.82 bits per heavy atom. The van der Waals surface area contributed by atoms with E-state index in [0.717, 1.165) is 10.0 Å². The second-order valence-corrected chi connectivity index (χ2v) is 3.85. The van der Waals surface area contributed by atoms with Gasteiger partial charge in [-0.15, -0.1) is 11.3 Å². The summed E-state index contributed by atoms with van der Waals surface area (Å²) in [6, 6.07) is 1.96. The fourth-order valence-electron chi connectivity index (χ4n) is 0.707. The summed E-state index contributed by atoms with van der Waals surface area (Å²) in [7, 11) is 0. The summed E-state index contributed by atoms with van der Waals surface area (Å²) in [5, 5.41) is 13.7. The number of anilines is 1. The highest BCUT2D eigenvalue weighted by molar-refractivity contribution is 7.15. The molecule has 0 radical (unpaired) electrons. The molecule has 0 saturated carbocycles. The van der Waals surface area contributed by atoms with E-state index in [0.29, 0.717) is 0 Å². The Bertz CT molecular complexity index is 226. The molecule has 1 heterocycles. The summed E-state index contributed by atoms with van der Waals surface area (Å²) in [5.74, 6) is 0. The summed E-state index contributed by atoms with van der Waals surface area (Å²) >= 11 is 7.29. The molecule has 0 spiro atoms. The minimum Gasteiger partial charge on any atom is -0.394 e. The molecule has 1 unspecified atom stereocenters. The van der Waals surface area contributed by atoms with Crippen LogP contribution in [-0.4, -0.2) is 17.8 Å². The number of aliphatic hydroxyl groups is 1. The van der Waals surface area contributed by atoms with Gasteiger partial charge >= 0.3 is 0 Å². The van der Waals surface area contributed by atoms with E-state index < -0.39 is 0 Å². The maximum atomic E-state index is 8.72. The Hall–Kier alpha value is -0.250. The third kappa shape index (κ3) is 2.36. The van der Waals surface area contributed by atoms with E-state index in [4.69, 9.17) is 16.7 Å². The van der Waals surface area contributed by atoms with E-state index >= 15 is 0 Å². The van der Waals surface area contributed by atoms with Crippen LogP contribution in [0.25, 0.3) is 0 Å². The van der Waals surface area contributed by atoms with Crippen LogP contribution in [0.4, 0.5) is 5.69 Å². The van der Waals surface area contributed by atoms with Gasteiger partial charge in [0.15, 0.2) is 0 Å². The molecular formula is C7H10ClNOS. The van der Waals surface area contributed by atoms with Crippen molar-refractivity contribution < 1.29 is 5.11 Å². The van der Waals surface area contributed by atoms with E-state index in [2.05, 4.69) is 5.32 Å². The topological polar surface area (TPSA) is 32.3 Å². The number of hydrogen-bond acceptors (Lipinski definition) is 3. The Morgan fingerprint density at radius 3 is 3.00 bits per heavy atom. The molecule has 2 N–H and O–H groups in total. The molecular weight excluding hydrogens is 182 g/mol. The van der Waals surface area contributed by atoms with Crippen LogP contribution in [-0.2, 0) is 0 Å². The van der Waals surface area contributed by atoms with Gasteiger partial charge in [-0.1, -0.05) is 11.6 Å². The van der Waals surface area contributed by atoms with Gasteiger partial charge in [-0.25, -0.2) is 0 Å². The molecule has 0 bridgehead atoms.